The maximum absolute atomic E-state index is 13.8. The van der Waals surface area contributed by atoms with Crippen LogP contribution in [0.2, 0.25) is 0 Å². The Morgan fingerprint density at radius 3 is 2.66 bits per heavy atom. The number of aliphatic hydroxyl groups is 1. The second kappa shape index (κ2) is 9.75. The summed E-state index contributed by atoms with van der Waals surface area (Å²) < 4.78 is 11.8. The van der Waals surface area contributed by atoms with Crippen molar-refractivity contribution in [3.05, 3.63) is 24.3 Å². The Labute approximate surface area is 189 Å². The number of rotatable bonds is 9. The van der Waals surface area contributed by atoms with Gasteiger partial charge in [-0.15, -0.1) is 0 Å². The van der Waals surface area contributed by atoms with Gasteiger partial charge in [0.1, 0.15) is 24.2 Å². The molecule has 0 saturated carbocycles. The van der Waals surface area contributed by atoms with E-state index in [4.69, 9.17) is 14.6 Å². The van der Waals surface area contributed by atoms with E-state index in [1.807, 2.05) is 17.1 Å². The second-order valence-corrected chi connectivity index (χ2v) is 9.11. The number of carbonyl (C=O) groups is 3. The molecule has 2 saturated heterocycles. The molecular weight excluding hydrogens is 412 g/mol. The lowest BCUT2D eigenvalue weighted by molar-refractivity contribution is -0.153. The molecule has 5 atom stereocenters. The molecule has 32 heavy (non-hydrogen) atoms. The third kappa shape index (κ3) is 3.88. The Morgan fingerprint density at radius 1 is 1.06 bits per heavy atom. The van der Waals surface area contributed by atoms with Crippen LogP contribution < -0.4 is 0 Å². The van der Waals surface area contributed by atoms with Crippen molar-refractivity contribution in [1.29, 1.82) is 0 Å². The van der Waals surface area contributed by atoms with Gasteiger partial charge in [0, 0.05) is 26.2 Å². The van der Waals surface area contributed by atoms with E-state index >= 15 is 0 Å². The number of amides is 2. The lowest BCUT2D eigenvalue weighted by Crippen LogP contribution is -2.55. The molecule has 4 aliphatic rings. The predicted molar refractivity (Wildman–Crippen MR) is 116 cm³/mol. The van der Waals surface area contributed by atoms with Gasteiger partial charge in [0.15, 0.2) is 0 Å². The molecule has 0 aromatic rings. The predicted octanol–water partition coefficient (Wildman–Crippen LogP) is 1.43. The van der Waals surface area contributed by atoms with Gasteiger partial charge in [0.05, 0.1) is 12.0 Å². The van der Waals surface area contributed by atoms with Crippen LogP contribution in [0, 0.1) is 11.8 Å². The largest absolute Gasteiger partial charge is 0.461 e. The first kappa shape index (κ1) is 23.0. The van der Waals surface area contributed by atoms with Gasteiger partial charge < -0.3 is 24.4 Å². The molecule has 0 radical (unpaired) electrons. The summed E-state index contributed by atoms with van der Waals surface area (Å²) in [5.41, 5.74) is -1.17. The average Bonchev–Trinajstić information content (AvgIpc) is 3.07. The first-order valence-corrected chi connectivity index (χ1v) is 11.9. The molecule has 1 unspecified atom stereocenters. The number of cyclic esters (lactones) is 1. The molecule has 8 heteroatoms. The summed E-state index contributed by atoms with van der Waals surface area (Å²) in [6, 6.07) is -0.789. The molecule has 0 bridgehead atoms. The fourth-order valence-corrected chi connectivity index (χ4v) is 5.58. The number of fused-ring (bicyclic) bond motifs is 2. The molecule has 4 rings (SSSR count). The van der Waals surface area contributed by atoms with Gasteiger partial charge in [-0.1, -0.05) is 38.0 Å². The van der Waals surface area contributed by atoms with E-state index in [1.54, 1.807) is 17.1 Å². The number of hydrogen-bond donors (Lipinski definition) is 1. The van der Waals surface area contributed by atoms with Crippen LogP contribution in [0.25, 0.3) is 0 Å². The Hall–Kier alpha value is -2.19. The van der Waals surface area contributed by atoms with Crippen LogP contribution in [0.4, 0.5) is 0 Å². The molecule has 1 spiro atoms. The Morgan fingerprint density at radius 2 is 1.88 bits per heavy atom. The highest BCUT2D eigenvalue weighted by Gasteiger charge is 2.71. The average molecular weight is 447 g/mol. The number of nitrogens with zero attached hydrogens (tertiary/aromatic N) is 2. The summed E-state index contributed by atoms with van der Waals surface area (Å²) in [5, 5.41) is 9.10. The van der Waals surface area contributed by atoms with Gasteiger partial charge in [-0.3, -0.25) is 14.4 Å². The fraction of sp³-hybridized carbons (Fsp3) is 0.708. The Balaban J connectivity index is 1.68. The monoisotopic (exact) mass is 446 g/mol. The van der Waals surface area contributed by atoms with Gasteiger partial charge in [0.25, 0.3) is 0 Å². The molecular formula is C24H34N2O6. The van der Waals surface area contributed by atoms with Crippen LogP contribution in [0.15, 0.2) is 24.3 Å². The maximum atomic E-state index is 13.8. The van der Waals surface area contributed by atoms with Crippen molar-refractivity contribution in [2.45, 2.75) is 63.2 Å². The molecule has 2 fully saturated rings. The minimum absolute atomic E-state index is 0.0991. The Bertz CT molecular complexity index is 795. The zero-order valence-corrected chi connectivity index (χ0v) is 18.8. The van der Waals surface area contributed by atoms with Crippen molar-refractivity contribution in [2.24, 2.45) is 11.8 Å². The smallest absolute Gasteiger partial charge is 0.313 e. The number of carbonyl (C=O) groups excluding carboxylic acids is 3. The number of hydrogen-bond acceptors (Lipinski definition) is 6. The minimum Gasteiger partial charge on any atom is -0.461 e. The van der Waals surface area contributed by atoms with E-state index in [-0.39, 0.29) is 25.0 Å². The highest BCUT2D eigenvalue weighted by molar-refractivity contribution is 5.99. The zero-order chi connectivity index (χ0) is 22.7. The van der Waals surface area contributed by atoms with Crippen molar-refractivity contribution < 1.29 is 29.0 Å². The van der Waals surface area contributed by atoms with E-state index in [9.17, 15) is 14.4 Å². The van der Waals surface area contributed by atoms with E-state index in [2.05, 4.69) is 6.92 Å². The number of likely N-dealkylation sites (tertiary alicyclic amines) is 1. The Kier molecular flexibility index (Phi) is 7.00. The van der Waals surface area contributed by atoms with E-state index in [1.165, 1.54) is 0 Å². The lowest BCUT2D eigenvalue weighted by Gasteiger charge is -2.35. The molecule has 0 aromatic heterocycles. The highest BCUT2D eigenvalue weighted by Crippen LogP contribution is 2.53. The second-order valence-electron chi connectivity index (χ2n) is 9.11. The summed E-state index contributed by atoms with van der Waals surface area (Å²) >= 11 is 0. The van der Waals surface area contributed by atoms with Crippen molar-refractivity contribution in [3.63, 3.8) is 0 Å². The number of esters is 1. The molecule has 4 heterocycles. The number of aliphatic hydroxyl groups excluding tert-OH is 1. The number of unbranched alkanes of at least 4 members (excludes halogenated alkanes) is 4. The van der Waals surface area contributed by atoms with Gasteiger partial charge in [-0.05, 0) is 31.8 Å². The standard InChI is InChI=1S/C24H34N2O6/c1-2-3-5-12-25-13-9-11-24-19(18-17(32-24)10-8-16-31-23(18)30)21(28)26(20(24)22(25)29)14-6-4-7-15-27/h8-11,17-20,27H,2-7,12-16H2,1H3/t17-,18+,19+,20-,24?/m1/s1. The van der Waals surface area contributed by atoms with Crippen molar-refractivity contribution in [3.8, 4) is 0 Å². The van der Waals surface area contributed by atoms with Gasteiger partial charge in [-0.25, -0.2) is 0 Å². The maximum Gasteiger partial charge on any atom is 0.313 e. The molecule has 176 valence electrons. The van der Waals surface area contributed by atoms with Gasteiger partial charge in [-0.2, -0.15) is 0 Å². The summed E-state index contributed by atoms with van der Waals surface area (Å²) in [6.45, 7) is 3.89. The summed E-state index contributed by atoms with van der Waals surface area (Å²) in [4.78, 5) is 43.8. The molecule has 0 aromatic carbocycles. The fourth-order valence-electron chi connectivity index (χ4n) is 5.58. The van der Waals surface area contributed by atoms with Crippen LogP contribution in [-0.2, 0) is 23.9 Å². The topological polar surface area (TPSA) is 96.4 Å². The van der Waals surface area contributed by atoms with Crippen molar-refractivity contribution >= 4 is 17.8 Å². The molecule has 2 amide bonds. The van der Waals surface area contributed by atoms with Crippen LogP contribution in [0.5, 0.6) is 0 Å². The first-order chi connectivity index (χ1) is 15.5. The third-order valence-corrected chi connectivity index (χ3v) is 7.09. The quantitative estimate of drug-likeness (QED) is 0.327. The van der Waals surface area contributed by atoms with Gasteiger partial charge >= 0.3 is 5.97 Å². The van der Waals surface area contributed by atoms with Crippen LogP contribution >= 0.6 is 0 Å². The first-order valence-electron chi connectivity index (χ1n) is 11.9. The van der Waals surface area contributed by atoms with Gasteiger partial charge in [0.2, 0.25) is 11.8 Å². The molecule has 1 N–H and O–H groups in total. The summed E-state index contributed by atoms with van der Waals surface area (Å²) in [6.07, 6.45) is 11.8. The normalized spacial score (nSPS) is 33.6. The SMILES string of the molecule is CCCCCN1CC=CC23O[C@@H]4C=CCOC(=O)[C@@H]4[C@H]2C(=O)N(CCCCCO)[C@@H]3C1=O. The van der Waals surface area contributed by atoms with Crippen LogP contribution in [0.3, 0.4) is 0 Å². The van der Waals surface area contributed by atoms with Crippen LogP contribution in [-0.4, -0.2) is 83.3 Å². The zero-order valence-electron chi connectivity index (χ0n) is 18.8. The molecule has 8 nitrogen and oxygen atoms in total. The summed E-state index contributed by atoms with van der Waals surface area (Å²) in [7, 11) is 0. The minimum atomic E-state index is -1.17. The molecule has 0 aliphatic carbocycles. The highest BCUT2D eigenvalue weighted by atomic mass is 16.6. The lowest BCUT2D eigenvalue weighted by atomic mass is 9.78. The summed E-state index contributed by atoms with van der Waals surface area (Å²) in [5.74, 6) is -2.30. The molecule has 4 aliphatic heterocycles. The van der Waals surface area contributed by atoms with Crippen LogP contribution in [0.1, 0.15) is 45.4 Å². The number of ether oxygens (including phenoxy) is 2. The van der Waals surface area contributed by atoms with Crippen molar-refractivity contribution in [2.75, 3.05) is 32.8 Å². The van der Waals surface area contributed by atoms with E-state index < -0.39 is 35.6 Å². The van der Waals surface area contributed by atoms with E-state index in [0.29, 0.717) is 32.5 Å². The van der Waals surface area contributed by atoms with E-state index in [0.717, 1.165) is 25.7 Å². The van der Waals surface area contributed by atoms with Crippen molar-refractivity contribution in [1.82, 2.24) is 9.80 Å². The third-order valence-electron chi connectivity index (χ3n) is 7.09.